The highest BCUT2D eigenvalue weighted by Crippen LogP contribution is 2.29. The van der Waals surface area contributed by atoms with Gasteiger partial charge in [-0.25, -0.2) is 17.5 Å². The molecule has 4 nitrogen and oxygen atoms in total. The Bertz CT molecular complexity index is 610. The van der Waals surface area contributed by atoms with Gasteiger partial charge in [-0.05, 0) is 52.7 Å². The van der Waals surface area contributed by atoms with E-state index in [1.807, 2.05) is 27.7 Å². The molecule has 0 unspecified atom stereocenters. The number of piperidine rings is 1. The molecule has 1 heterocycles. The third-order valence-corrected chi connectivity index (χ3v) is 5.19. The number of hydrogen-bond acceptors (Lipinski definition) is 3. The van der Waals surface area contributed by atoms with Crippen LogP contribution in [0, 0.1) is 5.82 Å². The van der Waals surface area contributed by atoms with Crippen LogP contribution in [0.25, 0.3) is 0 Å². The molecule has 0 spiro atoms. The molecular formula is C15H23FN2O2S. The van der Waals surface area contributed by atoms with Gasteiger partial charge >= 0.3 is 0 Å². The Morgan fingerprint density at radius 1 is 1.14 bits per heavy atom. The highest BCUT2D eigenvalue weighted by Gasteiger charge is 2.39. The van der Waals surface area contributed by atoms with Gasteiger partial charge in [-0.15, -0.1) is 0 Å². The smallest absolute Gasteiger partial charge is 0.243 e. The third-order valence-electron chi connectivity index (χ3n) is 3.64. The Kier molecular flexibility index (Phi) is 4.17. The molecule has 2 rings (SSSR count). The summed E-state index contributed by atoms with van der Waals surface area (Å²) in [5.41, 5.74) is -0.353. The first kappa shape index (κ1) is 16.4. The fraction of sp³-hybridized carbons (Fsp3) is 0.600. The van der Waals surface area contributed by atoms with E-state index < -0.39 is 15.8 Å². The van der Waals surface area contributed by atoms with Crippen molar-refractivity contribution in [1.29, 1.82) is 0 Å². The number of hydrogen-bond donors (Lipinski definition) is 2. The van der Waals surface area contributed by atoms with Crippen LogP contribution in [0.4, 0.5) is 4.39 Å². The van der Waals surface area contributed by atoms with Gasteiger partial charge in [0.25, 0.3) is 0 Å². The summed E-state index contributed by atoms with van der Waals surface area (Å²) in [6, 6.07) is 5.22. The summed E-state index contributed by atoms with van der Waals surface area (Å²) in [5.74, 6) is -0.725. The second-order valence-corrected chi connectivity index (χ2v) is 8.73. The van der Waals surface area contributed by atoms with Crippen molar-refractivity contribution >= 4 is 10.0 Å². The quantitative estimate of drug-likeness (QED) is 0.901. The molecule has 0 radical (unpaired) electrons. The molecule has 118 valence electrons. The lowest BCUT2D eigenvalue weighted by molar-refractivity contribution is 0.157. The van der Waals surface area contributed by atoms with Crippen molar-refractivity contribution in [3.63, 3.8) is 0 Å². The van der Waals surface area contributed by atoms with E-state index in [0.29, 0.717) is 12.8 Å². The van der Waals surface area contributed by atoms with E-state index in [2.05, 4.69) is 10.0 Å². The number of rotatable bonds is 3. The van der Waals surface area contributed by atoms with E-state index in [-0.39, 0.29) is 22.0 Å². The second kappa shape index (κ2) is 5.34. The van der Waals surface area contributed by atoms with Gasteiger partial charge in [0.15, 0.2) is 0 Å². The summed E-state index contributed by atoms with van der Waals surface area (Å²) in [5, 5.41) is 3.49. The fourth-order valence-corrected chi connectivity index (χ4v) is 4.67. The lowest BCUT2D eigenvalue weighted by atomic mass is 9.80. The van der Waals surface area contributed by atoms with Crippen molar-refractivity contribution in [1.82, 2.24) is 10.0 Å². The van der Waals surface area contributed by atoms with E-state index in [1.54, 1.807) is 0 Å². The summed E-state index contributed by atoms with van der Waals surface area (Å²) in [6.45, 7) is 8.16. The topological polar surface area (TPSA) is 58.2 Å². The van der Waals surface area contributed by atoms with E-state index in [1.165, 1.54) is 18.2 Å². The first-order valence-corrected chi connectivity index (χ1v) is 8.55. The van der Waals surface area contributed by atoms with Gasteiger partial charge in [-0.2, -0.15) is 0 Å². The monoisotopic (exact) mass is 314 g/mol. The Morgan fingerprint density at radius 2 is 1.67 bits per heavy atom. The van der Waals surface area contributed by atoms with Crippen LogP contribution >= 0.6 is 0 Å². The summed E-state index contributed by atoms with van der Waals surface area (Å²) in [4.78, 5) is -0.292. The predicted molar refractivity (Wildman–Crippen MR) is 81.0 cm³/mol. The van der Waals surface area contributed by atoms with Crippen molar-refractivity contribution in [2.75, 3.05) is 0 Å². The number of halogens is 1. The van der Waals surface area contributed by atoms with Gasteiger partial charge in [-0.1, -0.05) is 12.1 Å². The molecule has 0 bridgehead atoms. The van der Waals surface area contributed by atoms with E-state index in [9.17, 15) is 12.8 Å². The second-order valence-electron chi connectivity index (χ2n) is 7.05. The van der Waals surface area contributed by atoms with Gasteiger partial charge in [0, 0.05) is 17.1 Å². The van der Waals surface area contributed by atoms with Crippen LogP contribution in [0.3, 0.4) is 0 Å². The van der Waals surface area contributed by atoms with Gasteiger partial charge in [0.05, 0.1) is 0 Å². The standard InChI is InChI=1S/C15H23FN2O2S/c1-14(2)9-11(10-15(3,4)18-14)17-21(19,20)13-8-6-5-7-12(13)16/h5-8,11,17-18H,9-10H2,1-4H3. The van der Waals surface area contributed by atoms with Gasteiger partial charge in [0.2, 0.25) is 10.0 Å². The highest BCUT2D eigenvalue weighted by atomic mass is 32.2. The summed E-state index contributed by atoms with van der Waals surface area (Å²) >= 11 is 0. The van der Waals surface area contributed by atoms with Crippen molar-refractivity contribution in [3.05, 3.63) is 30.1 Å². The zero-order valence-electron chi connectivity index (χ0n) is 12.9. The van der Waals surface area contributed by atoms with Crippen LogP contribution in [0.1, 0.15) is 40.5 Å². The Balaban J connectivity index is 2.23. The highest BCUT2D eigenvalue weighted by molar-refractivity contribution is 7.89. The molecule has 1 aliphatic rings. The lowest BCUT2D eigenvalue weighted by Crippen LogP contribution is -2.62. The molecule has 6 heteroatoms. The first-order valence-electron chi connectivity index (χ1n) is 7.07. The zero-order chi connectivity index (χ0) is 15.9. The summed E-state index contributed by atoms with van der Waals surface area (Å²) in [6.07, 6.45) is 1.31. The molecule has 1 aliphatic heterocycles. The Morgan fingerprint density at radius 3 is 2.19 bits per heavy atom. The van der Waals surface area contributed by atoms with E-state index in [4.69, 9.17) is 0 Å². The molecule has 1 aromatic carbocycles. The number of sulfonamides is 1. The lowest BCUT2D eigenvalue weighted by Gasteiger charge is -2.46. The average molecular weight is 314 g/mol. The molecule has 1 fully saturated rings. The maximum atomic E-state index is 13.7. The zero-order valence-corrected chi connectivity index (χ0v) is 13.7. The molecule has 1 aromatic rings. The maximum absolute atomic E-state index is 13.7. The minimum atomic E-state index is -3.84. The Labute approximate surface area is 126 Å². The summed E-state index contributed by atoms with van der Waals surface area (Å²) in [7, 11) is -3.84. The van der Waals surface area contributed by atoms with Crippen molar-refractivity contribution in [3.8, 4) is 0 Å². The average Bonchev–Trinajstić information content (AvgIpc) is 2.23. The molecule has 2 N–H and O–H groups in total. The molecule has 21 heavy (non-hydrogen) atoms. The van der Waals surface area contributed by atoms with Crippen molar-refractivity contribution in [2.45, 2.75) is 62.6 Å². The molecule has 0 amide bonds. The van der Waals surface area contributed by atoms with Crippen LogP contribution < -0.4 is 10.0 Å². The van der Waals surface area contributed by atoms with Gasteiger partial charge in [-0.3, -0.25) is 0 Å². The van der Waals surface area contributed by atoms with Gasteiger partial charge < -0.3 is 5.32 Å². The number of nitrogens with one attached hydrogen (secondary N) is 2. The maximum Gasteiger partial charge on any atom is 0.243 e. The van der Waals surface area contributed by atoms with Crippen LogP contribution in [-0.4, -0.2) is 25.5 Å². The van der Waals surface area contributed by atoms with Crippen LogP contribution in [0.15, 0.2) is 29.2 Å². The van der Waals surface area contributed by atoms with E-state index >= 15 is 0 Å². The fourth-order valence-electron chi connectivity index (χ4n) is 3.35. The molecular weight excluding hydrogens is 291 g/mol. The molecule has 0 atom stereocenters. The van der Waals surface area contributed by atoms with Crippen molar-refractivity contribution < 1.29 is 12.8 Å². The molecule has 0 aromatic heterocycles. The number of benzene rings is 1. The molecule has 1 saturated heterocycles. The largest absolute Gasteiger partial charge is 0.307 e. The minimum Gasteiger partial charge on any atom is -0.307 e. The third kappa shape index (κ3) is 4.02. The van der Waals surface area contributed by atoms with Crippen LogP contribution in [0.5, 0.6) is 0 Å². The Hall–Kier alpha value is -0.980. The first-order chi connectivity index (χ1) is 9.51. The molecule has 0 aliphatic carbocycles. The van der Waals surface area contributed by atoms with E-state index in [0.717, 1.165) is 6.07 Å². The van der Waals surface area contributed by atoms with Gasteiger partial charge in [0.1, 0.15) is 10.7 Å². The molecule has 0 saturated carbocycles. The SMILES string of the molecule is CC1(C)CC(NS(=O)(=O)c2ccccc2F)CC(C)(C)N1. The minimum absolute atomic E-state index is 0.176. The van der Waals surface area contributed by atoms with Crippen molar-refractivity contribution in [2.24, 2.45) is 0 Å². The normalized spacial score (nSPS) is 22.1. The predicted octanol–water partition coefficient (Wildman–Crippen LogP) is 2.41. The summed E-state index contributed by atoms with van der Waals surface area (Å²) < 4.78 is 41.1. The van der Waals surface area contributed by atoms with Crippen LogP contribution in [0.2, 0.25) is 0 Å². The van der Waals surface area contributed by atoms with Crippen LogP contribution in [-0.2, 0) is 10.0 Å².